The minimum Gasteiger partial charge on any atom is -0.369 e. The van der Waals surface area contributed by atoms with Gasteiger partial charge in [0.1, 0.15) is 0 Å². The largest absolute Gasteiger partial charge is 0.416 e. The second-order valence-electron chi connectivity index (χ2n) is 10.8. The number of carbonyl (C=O) groups excluding carboxylic acids is 2. The zero-order valence-electron chi connectivity index (χ0n) is 19.7. The van der Waals surface area contributed by atoms with Crippen molar-refractivity contribution >= 4 is 50.9 Å². The lowest BCUT2D eigenvalue weighted by Crippen LogP contribution is -2.63. The average Bonchev–Trinajstić information content (AvgIpc) is 2.77. The number of hydrogen-bond acceptors (Lipinski definition) is 4. The van der Waals surface area contributed by atoms with Crippen molar-refractivity contribution < 1.29 is 31.2 Å². The van der Waals surface area contributed by atoms with Crippen LogP contribution in [0.5, 0.6) is 0 Å². The zero-order valence-corrected chi connectivity index (χ0v) is 22.1. The molecule has 1 heterocycles. The highest BCUT2D eigenvalue weighted by atomic mass is 35.5. The fourth-order valence-electron chi connectivity index (χ4n) is 7.07. The van der Waals surface area contributed by atoms with Crippen molar-refractivity contribution in [2.75, 3.05) is 23.9 Å². The summed E-state index contributed by atoms with van der Waals surface area (Å²) in [5, 5.41) is 2.11. The molecule has 204 valence electrons. The van der Waals surface area contributed by atoms with Crippen LogP contribution in [0.2, 0.25) is 10.0 Å². The molecule has 2 atom stereocenters. The number of carbonyl (C=O) groups is 2. The van der Waals surface area contributed by atoms with E-state index in [2.05, 4.69) is 5.32 Å². The van der Waals surface area contributed by atoms with Crippen LogP contribution >= 0.6 is 23.2 Å². The van der Waals surface area contributed by atoms with Gasteiger partial charge in [0.15, 0.2) is 0 Å². The number of nitrogens with zero attached hydrogens (tertiary/aromatic N) is 2. The molecule has 0 radical (unpaired) electrons. The second kappa shape index (κ2) is 9.17. The van der Waals surface area contributed by atoms with E-state index in [1.807, 2.05) is 0 Å². The normalized spacial score (nSPS) is 32.9. The molecule has 1 aliphatic heterocycles. The first-order chi connectivity index (χ1) is 17.2. The summed E-state index contributed by atoms with van der Waals surface area (Å²) in [6, 6.07) is 1.11. The molecule has 3 N–H and O–H groups in total. The van der Waals surface area contributed by atoms with E-state index in [4.69, 9.17) is 28.9 Å². The summed E-state index contributed by atoms with van der Waals surface area (Å²) >= 11 is 12.1. The summed E-state index contributed by atoms with van der Waals surface area (Å²) in [6.45, 7) is -0.434. The van der Waals surface area contributed by atoms with Crippen molar-refractivity contribution in [3.8, 4) is 0 Å². The van der Waals surface area contributed by atoms with Crippen LogP contribution < -0.4 is 15.4 Å². The number of amides is 2. The third kappa shape index (κ3) is 4.68. The van der Waals surface area contributed by atoms with Crippen molar-refractivity contribution in [1.29, 1.82) is 0 Å². The summed E-state index contributed by atoms with van der Waals surface area (Å²) in [6.07, 6.45) is -0.535. The molecular weight excluding hydrogens is 556 g/mol. The lowest BCUT2D eigenvalue weighted by molar-refractivity contribution is -0.147. The first-order valence-electron chi connectivity index (χ1n) is 12.1. The number of halogens is 5. The molecule has 4 aliphatic carbocycles. The standard InChI is InChI=1S/C23H27Cl2F3N4O4S/c24-16-6-15(23(26,27)28)7-17(25)20(16)32-3-1-2-31(37(32,35)36)11-18(33)30-19-13-4-12-5-14(19)10-22(8-12,9-13)21(29)34/h6-7,12-14,19H,1-5,8-11H2,(H2,29,34)(H,30,33). The molecule has 1 saturated heterocycles. The van der Waals surface area contributed by atoms with E-state index in [0.29, 0.717) is 37.3 Å². The highest BCUT2D eigenvalue weighted by Gasteiger charge is 2.58. The maximum Gasteiger partial charge on any atom is 0.416 e. The van der Waals surface area contributed by atoms with Gasteiger partial charge in [0.25, 0.3) is 0 Å². The molecule has 1 aromatic rings. The first-order valence-corrected chi connectivity index (χ1v) is 14.3. The molecule has 2 amide bonds. The first kappa shape index (κ1) is 26.8. The second-order valence-corrected chi connectivity index (χ2v) is 13.4. The van der Waals surface area contributed by atoms with Crippen molar-refractivity contribution in [3.05, 3.63) is 27.7 Å². The van der Waals surface area contributed by atoms with Gasteiger partial charge in [-0.2, -0.15) is 25.9 Å². The van der Waals surface area contributed by atoms with Gasteiger partial charge in [-0.3, -0.25) is 13.9 Å². The van der Waals surface area contributed by atoms with Gasteiger partial charge in [-0.1, -0.05) is 23.2 Å². The molecule has 0 aromatic heterocycles. The van der Waals surface area contributed by atoms with Gasteiger partial charge < -0.3 is 11.1 Å². The van der Waals surface area contributed by atoms with Crippen LogP contribution in [0.1, 0.15) is 44.1 Å². The summed E-state index contributed by atoms with van der Waals surface area (Å²) < 4.78 is 67.9. The zero-order chi connectivity index (χ0) is 26.9. The number of primary amides is 1. The van der Waals surface area contributed by atoms with Crippen LogP contribution in [0.4, 0.5) is 18.9 Å². The van der Waals surface area contributed by atoms with Crippen LogP contribution in [0.25, 0.3) is 0 Å². The Hall–Kier alpha value is -1.76. The topological polar surface area (TPSA) is 113 Å². The van der Waals surface area contributed by atoms with Crippen molar-refractivity contribution in [2.45, 2.75) is 50.7 Å². The quantitative estimate of drug-likeness (QED) is 0.552. The number of benzene rings is 1. The van der Waals surface area contributed by atoms with Crippen LogP contribution in [0.15, 0.2) is 12.1 Å². The third-order valence-corrected chi connectivity index (χ3v) is 10.9. The van der Waals surface area contributed by atoms with Gasteiger partial charge in [-0.25, -0.2) is 0 Å². The number of hydrogen-bond donors (Lipinski definition) is 2. The van der Waals surface area contributed by atoms with E-state index in [1.54, 1.807) is 0 Å². The Morgan fingerprint density at radius 2 is 1.68 bits per heavy atom. The molecule has 1 aromatic carbocycles. The molecule has 6 rings (SSSR count). The average molecular weight is 583 g/mol. The Morgan fingerprint density at radius 3 is 2.22 bits per heavy atom. The van der Waals surface area contributed by atoms with Gasteiger partial charge in [-0.15, -0.1) is 0 Å². The number of nitrogens with one attached hydrogen (secondary N) is 1. The molecule has 14 heteroatoms. The van der Waals surface area contributed by atoms with Crippen molar-refractivity contribution in [1.82, 2.24) is 9.62 Å². The Kier molecular flexibility index (Phi) is 6.65. The highest BCUT2D eigenvalue weighted by molar-refractivity contribution is 7.90. The Morgan fingerprint density at radius 1 is 1.08 bits per heavy atom. The fraction of sp³-hybridized carbons (Fsp3) is 0.652. The number of nitrogens with two attached hydrogens (primary N) is 1. The Balaban J connectivity index is 1.31. The number of rotatable bonds is 5. The van der Waals surface area contributed by atoms with Crippen LogP contribution in [-0.2, 0) is 26.0 Å². The van der Waals surface area contributed by atoms with Gasteiger partial charge >= 0.3 is 16.4 Å². The summed E-state index contributed by atoms with van der Waals surface area (Å²) in [7, 11) is -4.29. The molecule has 5 fully saturated rings. The van der Waals surface area contributed by atoms with Gasteiger partial charge in [0.2, 0.25) is 11.8 Å². The molecule has 8 nitrogen and oxygen atoms in total. The molecular formula is C23H27Cl2F3N4O4S. The van der Waals surface area contributed by atoms with E-state index >= 15 is 0 Å². The Labute approximate surface area is 222 Å². The summed E-state index contributed by atoms with van der Waals surface area (Å²) in [5.41, 5.74) is 3.88. The van der Waals surface area contributed by atoms with E-state index in [1.165, 1.54) is 0 Å². The van der Waals surface area contributed by atoms with E-state index in [0.717, 1.165) is 27.9 Å². The monoisotopic (exact) mass is 582 g/mol. The number of anilines is 1. The minimum absolute atomic E-state index is 0.0470. The molecule has 4 bridgehead atoms. The molecule has 4 saturated carbocycles. The molecule has 0 spiro atoms. The third-order valence-electron chi connectivity index (χ3n) is 8.41. The number of alkyl halides is 3. The maximum absolute atomic E-state index is 13.4. The minimum atomic E-state index is -4.70. The smallest absolute Gasteiger partial charge is 0.369 e. The molecule has 2 unspecified atom stereocenters. The maximum atomic E-state index is 13.4. The SMILES string of the molecule is NC(=O)C12CC3CC(C1)C(NC(=O)CN1CCCN(c4c(Cl)cc(C(F)(F)F)cc4Cl)S1(=O)=O)C(C3)C2. The van der Waals surface area contributed by atoms with Crippen molar-refractivity contribution in [2.24, 2.45) is 28.9 Å². The van der Waals surface area contributed by atoms with E-state index in [9.17, 15) is 31.2 Å². The van der Waals surface area contributed by atoms with E-state index in [-0.39, 0.29) is 42.6 Å². The van der Waals surface area contributed by atoms with Gasteiger partial charge in [0, 0.05) is 24.5 Å². The lowest BCUT2D eigenvalue weighted by atomic mass is 9.47. The predicted molar refractivity (Wildman–Crippen MR) is 131 cm³/mol. The van der Waals surface area contributed by atoms with E-state index < -0.39 is 49.9 Å². The van der Waals surface area contributed by atoms with Gasteiger partial charge in [0.05, 0.1) is 27.8 Å². The van der Waals surface area contributed by atoms with Crippen LogP contribution in [-0.4, -0.2) is 50.2 Å². The predicted octanol–water partition coefficient (Wildman–Crippen LogP) is 3.57. The lowest BCUT2D eigenvalue weighted by Gasteiger charge is -2.58. The van der Waals surface area contributed by atoms with Crippen LogP contribution in [0, 0.1) is 23.2 Å². The molecule has 37 heavy (non-hydrogen) atoms. The summed E-state index contributed by atoms with van der Waals surface area (Å²) in [5.74, 6) is -0.117. The Bertz CT molecular complexity index is 1210. The van der Waals surface area contributed by atoms with Gasteiger partial charge in [-0.05, 0) is 68.4 Å². The fourth-order valence-corrected chi connectivity index (χ4v) is 9.57. The van der Waals surface area contributed by atoms with Crippen molar-refractivity contribution in [3.63, 3.8) is 0 Å². The highest BCUT2D eigenvalue weighted by Crippen LogP contribution is 2.60. The summed E-state index contributed by atoms with van der Waals surface area (Å²) in [4.78, 5) is 25.2. The molecule has 5 aliphatic rings. The van der Waals surface area contributed by atoms with Crippen LogP contribution in [0.3, 0.4) is 0 Å².